The van der Waals surface area contributed by atoms with E-state index < -0.39 is 30.0 Å². The summed E-state index contributed by atoms with van der Waals surface area (Å²) in [4.78, 5) is -1.46. The Morgan fingerprint density at radius 2 is 0.958 bits per heavy atom. The second kappa shape index (κ2) is 9.16. The molecule has 0 fully saturated rings. The summed E-state index contributed by atoms with van der Waals surface area (Å²) < 4.78 is 68.0. The molecule has 0 heterocycles. The van der Waals surface area contributed by atoms with Crippen molar-refractivity contribution in [3.8, 4) is 11.1 Å². The smallest absolute Gasteiger partial charge is 0.744 e. The first kappa shape index (κ1) is 24.8. The van der Waals surface area contributed by atoms with Gasteiger partial charge in [-0.3, -0.25) is 0 Å². The molecule has 118 valence electrons. The van der Waals surface area contributed by atoms with Crippen molar-refractivity contribution >= 4 is 43.4 Å². The molecule has 0 aliphatic heterocycles. The summed E-state index contributed by atoms with van der Waals surface area (Å²) in [6.45, 7) is 0. The van der Waals surface area contributed by atoms with Gasteiger partial charge in [0.15, 0.2) is 0 Å². The number of benzene rings is 2. The molecule has 24 heavy (non-hydrogen) atoms. The van der Waals surface area contributed by atoms with E-state index in [9.17, 15) is 25.9 Å². The molecule has 0 unspecified atom stereocenters. The molecule has 0 N–H and O–H groups in total. The number of hydrogen-bond acceptors (Lipinski definition) is 6. The predicted molar refractivity (Wildman–Crippen MR) is 77.8 cm³/mol. The quantitative estimate of drug-likeness (QED) is 0.371. The van der Waals surface area contributed by atoms with Crippen molar-refractivity contribution in [2.24, 2.45) is 0 Å². The molecule has 0 aromatic heterocycles. The van der Waals surface area contributed by atoms with Gasteiger partial charge >= 0.3 is 59.1 Å². The zero-order valence-electron chi connectivity index (χ0n) is 12.5. The van der Waals surface area contributed by atoms with Gasteiger partial charge in [0.1, 0.15) is 20.2 Å². The summed E-state index contributed by atoms with van der Waals surface area (Å²) in [7, 11) is -9.88. The van der Waals surface area contributed by atoms with Crippen molar-refractivity contribution in [3.05, 3.63) is 46.4 Å². The van der Waals surface area contributed by atoms with Crippen molar-refractivity contribution in [2.75, 3.05) is 0 Å². The first-order chi connectivity index (χ1) is 10.00. The van der Waals surface area contributed by atoms with E-state index in [0.29, 0.717) is 0 Å². The molecule has 0 saturated heterocycles. The SMILES string of the molecule is O=S(=O)([O-])c1cc(Cl)ccc1-c1ccc(Cl)cc1S(=O)(=O)[O-].[Na+].[Na+]. The van der Waals surface area contributed by atoms with Crippen LogP contribution in [0.1, 0.15) is 0 Å². The largest absolute Gasteiger partial charge is 1.00 e. The van der Waals surface area contributed by atoms with Crippen molar-refractivity contribution < 1.29 is 85.1 Å². The van der Waals surface area contributed by atoms with Crippen molar-refractivity contribution in [1.29, 1.82) is 0 Å². The second-order valence-electron chi connectivity index (χ2n) is 4.19. The van der Waals surface area contributed by atoms with Gasteiger partial charge in [-0.05, 0) is 24.3 Å². The van der Waals surface area contributed by atoms with Crippen molar-refractivity contribution in [2.45, 2.75) is 9.79 Å². The van der Waals surface area contributed by atoms with Crippen LogP contribution in [0.25, 0.3) is 11.1 Å². The van der Waals surface area contributed by atoms with Crippen LogP contribution in [0.2, 0.25) is 10.0 Å². The standard InChI is InChI=1S/C12H8Cl2O6S2.2Na/c13-7-1-3-9(11(5-7)21(15,16)17)10-4-2-8(14)6-12(10)22(18,19)20;;/h1-6H,(H,15,16,17)(H,18,19,20);;/q;2*+1/p-2. The summed E-state index contributed by atoms with van der Waals surface area (Å²) in [5.41, 5.74) is -0.490. The van der Waals surface area contributed by atoms with Crippen LogP contribution in [0.3, 0.4) is 0 Å². The summed E-state index contributed by atoms with van der Waals surface area (Å²) in [6.07, 6.45) is 0. The Morgan fingerprint density at radius 3 is 1.21 bits per heavy atom. The normalized spacial score (nSPS) is 11.3. The third kappa shape index (κ3) is 5.94. The first-order valence-corrected chi connectivity index (χ1v) is 9.08. The molecular formula is C12H6Cl2Na2O6S2. The van der Waals surface area contributed by atoms with Crippen LogP contribution < -0.4 is 59.1 Å². The maximum atomic E-state index is 11.3. The molecule has 0 atom stereocenters. The summed E-state index contributed by atoms with van der Waals surface area (Å²) in [5, 5.41) is -0.0580. The zero-order chi connectivity index (χ0) is 16.7. The van der Waals surface area contributed by atoms with Gasteiger partial charge in [-0.2, -0.15) is 0 Å². The third-order valence-electron chi connectivity index (χ3n) is 2.72. The van der Waals surface area contributed by atoms with Gasteiger partial charge in [-0.1, -0.05) is 35.3 Å². The maximum absolute atomic E-state index is 11.3. The van der Waals surface area contributed by atoms with E-state index in [0.717, 1.165) is 24.3 Å². The Labute approximate surface area is 193 Å². The average molecular weight is 427 g/mol. The zero-order valence-corrected chi connectivity index (χ0v) is 19.6. The molecular weight excluding hydrogens is 421 g/mol. The van der Waals surface area contributed by atoms with Gasteiger partial charge in [0, 0.05) is 21.2 Å². The van der Waals surface area contributed by atoms with Crippen LogP contribution in [0.15, 0.2) is 46.2 Å². The van der Waals surface area contributed by atoms with Crippen molar-refractivity contribution in [1.82, 2.24) is 0 Å². The molecule has 0 radical (unpaired) electrons. The van der Waals surface area contributed by atoms with Crippen LogP contribution >= 0.6 is 23.2 Å². The molecule has 0 amide bonds. The van der Waals surface area contributed by atoms with E-state index >= 15 is 0 Å². The monoisotopic (exact) mass is 426 g/mol. The van der Waals surface area contributed by atoms with E-state index in [1.165, 1.54) is 12.1 Å². The fourth-order valence-corrected chi connectivity index (χ4v) is 3.76. The van der Waals surface area contributed by atoms with E-state index in [-0.39, 0.29) is 80.3 Å². The Kier molecular flexibility index (Phi) is 9.48. The number of rotatable bonds is 3. The average Bonchev–Trinajstić information content (AvgIpc) is 2.37. The van der Waals surface area contributed by atoms with Gasteiger partial charge in [-0.25, -0.2) is 16.8 Å². The molecule has 0 aliphatic rings. The van der Waals surface area contributed by atoms with Crippen LogP contribution in [0, 0.1) is 0 Å². The van der Waals surface area contributed by atoms with Gasteiger partial charge < -0.3 is 9.11 Å². The molecule has 0 aliphatic carbocycles. The molecule has 2 rings (SSSR count). The van der Waals surface area contributed by atoms with E-state index in [1.807, 2.05) is 0 Å². The van der Waals surface area contributed by atoms with Crippen LogP contribution in [-0.4, -0.2) is 25.9 Å². The summed E-state index contributed by atoms with van der Waals surface area (Å²) in [5.74, 6) is 0. The molecule has 0 bridgehead atoms. The molecule has 6 nitrogen and oxygen atoms in total. The second-order valence-corrected chi connectivity index (χ2v) is 7.76. The summed E-state index contributed by atoms with van der Waals surface area (Å²) in [6, 6.07) is 6.59. The fourth-order valence-electron chi connectivity index (χ4n) is 1.85. The minimum atomic E-state index is -4.94. The Balaban J connectivity index is 0.00000264. The Hall–Kier alpha value is 0.840. The van der Waals surface area contributed by atoms with E-state index in [4.69, 9.17) is 23.2 Å². The Morgan fingerprint density at radius 1 is 0.667 bits per heavy atom. The number of hydrogen-bond donors (Lipinski definition) is 0. The van der Waals surface area contributed by atoms with Gasteiger partial charge in [0.25, 0.3) is 0 Å². The Bertz CT molecular complexity index is 882. The molecule has 2 aromatic carbocycles. The molecule has 0 spiro atoms. The fraction of sp³-hybridized carbons (Fsp3) is 0. The number of halogens is 2. The van der Waals surface area contributed by atoms with E-state index in [2.05, 4.69) is 0 Å². The third-order valence-corrected chi connectivity index (χ3v) is 4.94. The van der Waals surface area contributed by atoms with Gasteiger partial charge in [0.2, 0.25) is 0 Å². The van der Waals surface area contributed by atoms with Crippen molar-refractivity contribution in [3.63, 3.8) is 0 Å². The molecule has 2 aromatic rings. The topological polar surface area (TPSA) is 114 Å². The van der Waals surface area contributed by atoms with Crippen LogP contribution in [0.4, 0.5) is 0 Å². The first-order valence-electron chi connectivity index (χ1n) is 5.51. The van der Waals surface area contributed by atoms with Gasteiger partial charge in [-0.15, -0.1) is 0 Å². The molecule has 0 saturated carbocycles. The van der Waals surface area contributed by atoms with Crippen LogP contribution in [0.5, 0.6) is 0 Å². The summed E-state index contributed by atoms with van der Waals surface area (Å²) >= 11 is 11.3. The van der Waals surface area contributed by atoms with E-state index in [1.54, 1.807) is 0 Å². The van der Waals surface area contributed by atoms with Gasteiger partial charge in [0.05, 0.1) is 9.79 Å². The predicted octanol–water partition coefficient (Wildman–Crippen LogP) is -3.52. The van der Waals surface area contributed by atoms with Crippen LogP contribution in [-0.2, 0) is 20.2 Å². The molecule has 12 heteroatoms. The minimum absolute atomic E-state index is 0. The minimum Gasteiger partial charge on any atom is -0.744 e. The maximum Gasteiger partial charge on any atom is 1.00 e.